The normalized spacial score (nSPS) is 28.5. The van der Waals surface area contributed by atoms with Crippen LogP contribution in [0.25, 0.3) is 16.9 Å². The fourth-order valence-corrected chi connectivity index (χ4v) is 5.33. The van der Waals surface area contributed by atoms with Crippen LogP contribution in [0.3, 0.4) is 0 Å². The number of ether oxygens (including phenoxy) is 2. The number of carbonyl (C=O) groups excluding carboxylic acids is 1. The highest BCUT2D eigenvalue weighted by Gasteiger charge is 2.58. The summed E-state index contributed by atoms with van der Waals surface area (Å²) in [6.45, 7) is -0.0268. The Morgan fingerprint density at radius 3 is 2.94 bits per heavy atom. The Balaban J connectivity index is 1.06. The van der Waals surface area contributed by atoms with E-state index in [1.807, 2.05) is 19.3 Å². The van der Waals surface area contributed by atoms with Crippen LogP contribution < -0.4 is 10.6 Å². The number of nitrogens with zero attached hydrogens (tertiary/aromatic N) is 6. The minimum atomic E-state index is -1.52. The molecule has 3 atom stereocenters. The zero-order chi connectivity index (χ0) is 24.4. The van der Waals surface area contributed by atoms with Gasteiger partial charge in [0.15, 0.2) is 18.1 Å². The molecule has 0 spiro atoms. The van der Waals surface area contributed by atoms with Gasteiger partial charge >= 0.3 is 6.09 Å². The third kappa shape index (κ3) is 3.49. The van der Waals surface area contributed by atoms with Crippen LogP contribution >= 0.6 is 0 Å². The highest BCUT2D eigenvalue weighted by Crippen LogP contribution is 2.57. The van der Waals surface area contributed by atoms with Crippen LogP contribution in [-0.2, 0) is 16.5 Å². The van der Waals surface area contributed by atoms with Crippen molar-refractivity contribution in [2.75, 3.05) is 11.9 Å². The van der Waals surface area contributed by atoms with Gasteiger partial charge in [-0.05, 0) is 25.2 Å². The summed E-state index contributed by atoms with van der Waals surface area (Å²) in [5, 5.41) is 17.3. The van der Waals surface area contributed by atoms with E-state index in [9.17, 15) is 4.79 Å². The lowest BCUT2D eigenvalue weighted by atomic mass is 9.50. The number of aryl methyl sites for hydroxylation is 1. The van der Waals surface area contributed by atoms with Crippen LogP contribution in [0.5, 0.6) is 0 Å². The number of amides is 1. The van der Waals surface area contributed by atoms with Crippen LogP contribution in [-0.4, -0.2) is 64.9 Å². The van der Waals surface area contributed by atoms with Crippen molar-refractivity contribution in [3.63, 3.8) is 0 Å². The zero-order valence-corrected chi connectivity index (χ0v) is 19.4. The van der Waals surface area contributed by atoms with Crippen LogP contribution in [0.2, 0.25) is 0 Å². The molecule has 1 aliphatic heterocycles. The minimum Gasteiger partial charge on any atom is -0.441 e. The number of fused-ring (bicyclic) bond motifs is 1. The van der Waals surface area contributed by atoms with Crippen LogP contribution in [0, 0.1) is 5.92 Å². The first-order valence-corrected chi connectivity index (χ1v) is 11.8. The van der Waals surface area contributed by atoms with Gasteiger partial charge in [0.2, 0.25) is 5.95 Å². The molecule has 3 saturated carbocycles. The van der Waals surface area contributed by atoms with Crippen molar-refractivity contribution in [3.05, 3.63) is 42.6 Å². The van der Waals surface area contributed by atoms with Crippen LogP contribution in [0.4, 0.5) is 21.0 Å². The molecule has 2 bridgehead atoms. The molecule has 4 fully saturated rings. The molecule has 12 nitrogen and oxygen atoms in total. The second-order valence-electron chi connectivity index (χ2n) is 9.88. The predicted octanol–water partition coefficient (Wildman–Crippen LogP) is 2.65. The molecular formula is C23H24FN9O3. The SMILES string of the molecule is Cn1cc(-c2cc3nccn3c(Nc3cc([C@@H]4OC[C@H](OC(=O)NC56CC(C5)C6)[C@@H]4F)[nH]n3)n2)cn1. The summed E-state index contributed by atoms with van der Waals surface area (Å²) in [5.74, 6) is 1.63. The molecule has 0 aromatic carbocycles. The summed E-state index contributed by atoms with van der Waals surface area (Å²) in [6, 6.07) is 3.52. The van der Waals surface area contributed by atoms with Crippen molar-refractivity contribution in [1.82, 2.24) is 39.7 Å². The van der Waals surface area contributed by atoms with Crippen molar-refractivity contribution < 1.29 is 18.7 Å². The number of anilines is 2. The summed E-state index contributed by atoms with van der Waals surface area (Å²) < 4.78 is 29.6. The average molecular weight is 494 g/mol. The summed E-state index contributed by atoms with van der Waals surface area (Å²) in [6.07, 6.45) is 5.99. The Morgan fingerprint density at radius 1 is 1.33 bits per heavy atom. The van der Waals surface area contributed by atoms with Gasteiger partial charge in [0.25, 0.3) is 0 Å². The number of alkyl halides is 1. The molecule has 186 valence electrons. The summed E-state index contributed by atoms with van der Waals surface area (Å²) in [4.78, 5) is 21.3. The number of carbonyl (C=O) groups is 1. The Labute approximate surface area is 204 Å². The van der Waals surface area contributed by atoms with Gasteiger partial charge in [-0.3, -0.25) is 14.2 Å². The summed E-state index contributed by atoms with van der Waals surface area (Å²) in [5.41, 5.74) is 2.54. The first-order valence-electron chi connectivity index (χ1n) is 11.8. The van der Waals surface area contributed by atoms with Gasteiger partial charge in [0.05, 0.1) is 24.2 Å². The van der Waals surface area contributed by atoms with E-state index in [0.29, 0.717) is 28.8 Å². The molecule has 4 aromatic rings. The van der Waals surface area contributed by atoms with E-state index < -0.39 is 24.5 Å². The fraction of sp³-hybridized carbons (Fsp3) is 0.435. The van der Waals surface area contributed by atoms with Crippen molar-refractivity contribution in [1.29, 1.82) is 0 Å². The average Bonchev–Trinajstić information content (AvgIpc) is 3.59. The predicted molar refractivity (Wildman–Crippen MR) is 124 cm³/mol. The number of aromatic amines is 1. The number of hydrogen-bond acceptors (Lipinski definition) is 8. The van der Waals surface area contributed by atoms with E-state index in [1.165, 1.54) is 0 Å². The van der Waals surface area contributed by atoms with Gasteiger partial charge in [0, 0.05) is 48.9 Å². The van der Waals surface area contributed by atoms with E-state index in [0.717, 1.165) is 30.7 Å². The maximum absolute atomic E-state index is 15.2. The summed E-state index contributed by atoms with van der Waals surface area (Å²) >= 11 is 0. The first kappa shape index (κ1) is 21.3. The fourth-order valence-electron chi connectivity index (χ4n) is 5.33. The highest BCUT2D eigenvalue weighted by atomic mass is 19.1. The molecule has 13 heteroatoms. The minimum absolute atomic E-state index is 0.0268. The number of hydrogen-bond donors (Lipinski definition) is 3. The number of aromatic nitrogens is 7. The van der Waals surface area contributed by atoms with E-state index in [4.69, 9.17) is 14.5 Å². The van der Waals surface area contributed by atoms with Crippen molar-refractivity contribution in [2.45, 2.75) is 43.2 Å². The zero-order valence-electron chi connectivity index (χ0n) is 19.4. The second kappa shape index (κ2) is 7.75. The largest absolute Gasteiger partial charge is 0.441 e. The molecule has 5 heterocycles. The Hall–Kier alpha value is -4.00. The third-order valence-electron chi connectivity index (χ3n) is 7.28. The monoisotopic (exact) mass is 493 g/mol. The van der Waals surface area contributed by atoms with E-state index in [2.05, 4.69) is 30.9 Å². The van der Waals surface area contributed by atoms with E-state index >= 15 is 4.39 Å². The number of imidazole rings is 1. The van der Waals surface area contributed by atoms with Gasteiger partial charge in [0.1, 0.15) is 11.8 Å². The molecule has 36 heavy (non-hydrogen) atoms. The number of alkyl carbamates (subject to hydrolysis) is 1. The van der Waals surface area contributed by atoms with Crippen molar-refractivity contribution in [2.24, 2.45) is 13.0 Å². The maximum atomic E-state index is 15.2. The lowest BCUT2D eigenvalue weighted by Crippen LogP contribution is -2.68. The lowest BCUT2D eigenvalue weighted by Gasteiger charge is -2.61. The lowest BCUT2D eigenvalue weighted by molar-refractivity contribution is -0.0528. The number of H-pyrrole nitrogens is 1. The third-order valence-corrected chi connectivity index (χ3v) is 7.28. The van der Waals surface area contributed by atoms with E-state index in [-0.39, 0.29) is 12.1 Å². The van der Waals surface area contributed by atoms with Crippen molar-refractivity contribution >= 4 is 23.5 Å². The molecule has 4 aromatic heterocycles. The molecule has 3 N–H and O–H groups in total. The number of rotatable bonds is 6. The van der Waals surface area contributed by atoms with Gasteiger partial charge < -0.3 is 20.1 Å². The van der Waals surface area contributed by atoms with Crippen LogP contribution in [0.1, 0.15) is 31.1 Å². The number of nitrogens with one attached hydrogen (secondary N) is 3. The standard InChI is InChI=1S/C23H24FN9O3/c1-32-10-13(9-26-32)14-5-18-25-2-3-33(18)21(27-14)28-17-4-15(30-31-17)20-19(24)16(11-35-20)36-22(34)29-23-6-12(7-23)8-23/h2-5,9-10,12,16,19-20H,6-8,11H2,1H3,(H,29,34)(H2,27,28,30,31)/t12?,16-,19-,20-,23?/m0/s1. The van der Waals surface area contributed by atoms with Crippen molar-refractivity contribution in [3.8, 4) is 11.3 Å². The molecule has 8 rings (SSSR count). The second-order valence-corrected chi connectivity index (χ2v) is 9.88. The van der Waals surface area contributed by atoms with Gasteiger partial charge in [-0.15, -0.1) is 0 Å². The molecule has 0 unspecified atom stereocenters. The molecule has 3 aliphatic carbocycles. The molecule has 1 saturated heterocycles. The first-order chi connectivity index (χ1) is 17.4. The Morgan fingerprint density at radius 2 is 2.19 bits per heavy atom. The Kier molecular flexibility index (Phi) is 4.58. The smallest absolute Gasteiger partial charge is 0.408 e. The molecule has 1 amide bonds. The topological polar surface area (TPSA) is 136 Å². The van der Waals surface area contributed by atoms with Gasteiger partial charge in [-0.25, -0.2) is 19.2 Å². The van der Waals surface area contributed by atoms with Gasteiger partial charge in [-0.2, -0.15) is 10.2 Å². The maximum Gasteiger partial charge on any atom is 0.408 e. The van der Waals surface area contributed by atoms with E-state index in [1.54, 1.807) is 33.7 Å². The highest BCUT2D eigenvalue weighted by molar-refractivity contribution is 5.69. The van der Waals surface area contributed by atoms with Crippen LogP contribution in [0.15, 0.2) is 36.9 Å². The number of halogens is 1. The quantitative estimate of drug-likeness (QED) is 0.373. The molecule has 4 aliphatic rings. The summed E-state index contributed by atoms with van der Waals surface area (Å²) in [7, 11) is 1.84. The Bertz CT molecular complexity index is 1440. The molecule has 0 radical (unpaired) electrons. The molecular weight excluding hydrogens is 469 g/mol. The van der Waals surface area contributed by atoms with Gasteiger partial charge in [-0.1, -0.05) is 0 Å².